The summed E-state index contributed by atoms with van der Waals surface area (Å²) in [6, 6.07) is 2.07. The van der Waals surface area contributed by atoms with Gasteiger partial charge in [-0.05, 0) is 18.5 Å². The Hall–Kier alpha value is -1.24. The van der Waals surface area contributed by atoms with Crippen molar-refractivity contribution in [2.45, 2.75) is 6.54 Å². The van der Waals surface area contributed by atoms with Gasteiger partial charge in [-0.1, -0.05) is 0 Å². The van der Waals surface area contributed by atoms with Crippen LogP contribution in [-0.4, -0.2) is 60.0 Å². The van der Waals surface area contributed by atoms with Crippen molar-refractivity contribution in [3.05, 3.63) is 17.3 Å². The maximum Gasteiger partial charge on any atom is 0.146 e. The van der Waals surface area contributed by atoms with E-state index in [4.69, 9.17) is 0 Å². The first-order valence-corrected chi connectivity index (χ1v) is 7.47. The van der Waals surface area contributed by atoms with Crippen LogP contribution in [-0.2, 0) is 6.54 Å². The zero-order valence-electron chi connectivity index (χ0n) is 11.4. The number of rotatable bonds is 3. The van der Waals surface area contributed by atoms with E-state index in [9.17, 15) is 0 Å². The molecular weight excluding hydrogens is 258 g/mol. The van der Waals surface area contributed by atoms with Crippen LogP contribution in [0.15, 0.2) is 11.4 Å². The molecule has 0 saturated carbocycles. The fourth-order valence-electron chi connectivity index (χ4n) is 2.37. The summed E-state index contributed by atoms with van der Waals surface area (Å²) in [5, 5.41) is 6.36. The molecule has 6 heteroatoms. The van der Waals surface area contributed by atoms with Crippen molar-refractivity contribution in [2.75, 3.05) is 45.6 Å². The molecule has 0 bridgehead atoms. The lowest BCUT2D eigenvalue weighted by atomic mass is 10.3. The van der Waals surface area contributed by atoms with Crippen LogP contribution in [0.5, 0.6) is 0 Å². The first kappa shape index (κ1) is 12.8. The highest BCUT2D eigenvalue weighted by Crippen LogP contribution is 2.25. The molecular formula is C13H19N5S. The fourth-order valence-corrected chi connectivity index (χ4v) is 3.15. The average Bonchev–Trinajstić information content (AvgIpc) is 2.89. The first-order valence-electron chi connectivity index (χ1n) is 6.59. The van der Waals surface area contributed by atoms with Gasteiger partial charge in [0.1, 0.15) is 16.5 Å². The van der Waals surface area contributed by atoms with Crippen LogP contribution in [0.1, 0.15) is 5.82 Å². The highest BCUT2D eigenvalue weighted by atomic mass is 32.1. The van der Waals surface area contributed by atoms with E-state index in [-0.39, 0.29) is 0 Å². The third-order valence-corrected chi connectivity index (χ3v) is 4.38. The number of nitrogens with zero attached hydrogens (tertiary/aromatic N) is 4. The van der Waals surface area contributed by atoms with Crippen molar-refractivity contribution >= 4 is 27.4 Å². The van der Waals surface area contributed by atoms with Crippen LogP contribution in [0.4, 0.5) is 5.82 Å². The van der Waals surface area contributed by atoms with Gasteiger partial charge >= 0.3 is 0 Å². The van der Waals surface area contributed by atoms with Gasteiger partial charge in [-0.15, -0.1) is 11.3 Å². The molecule has 0 atom stereocenters. The van der Waals surface area contributed by atoms with Gasteiger partial charge < -0.3 is 10.2 Å². The van der Waals surface area contributed by atoms with Crippen molar-refractivity contribution in [1.82, 2.24) is 19.8 Å². The Labute approximate surface area is 117 Å². The lowest BCUT2D eigenvalue weighted by molar-refractivity contribution is 0.145. The summed E-state index contributed by atoms with van der Waals surface area (Å²) in [5.74, 6) is 1.86. The number of hydrogen-bond acceptors (Lipinski definition) is 6. The largest absolute Gasteiger partial charge is 0.372 e. The predicted molar refractivity (Wildman–Crippen MR) is 79.7 cm³/mol. The number of hydrogen-bond donors (Lipinski definition) is 1. The van der Waals surface area contributed by atoms with Crippen molar-refractivity contribution in [3.63, 3.8) is 0 Å². The third-order valence-electron chi connectivity index (χ3n) is 3.57. The van der Waals surface area contributed by atoms with E-state index in [1.165, 1.54) is 0 Å². The van der Waals surface area contributed by atoms with Crippen LogP contribution in [0, 0.1) is 0 Å². The summed E-state index contributed by atoms with van der Waals surface area (Å²) in [5.41, 5.74) is 0. The molecule has 0 aliphatic carbocycles. The minimum absolute atomic E-state index is 0.844. The Morgan fingerprint density at radius 1 is 1.26 bits per heavy atom. The highest BCUT2D eigenvalue weighted by Gasteiger charge is 2.16. The zero-order valence-corrected chi connectivity index (χ0v) is 12.2. The molecule has 1 fully saturated rings. The number of likely N-dealkylation sites (N-methyl/N-ethyl adjacent to an activating group) is 1. The van der Waals surface area contributed by atoms with E-state index in [1.54, 1.807) is 11.3 Å². The van der Waals surface area contributed by atoms with Crippen LogP contribution in [0.25, 0.3) is 10.2 Å². The van der Waals surface area contributed by atoms with E-state index < -0.39 is 0 Å². The molecule has 1 aliphatic rings. The molecule has 5 nitrogen and oxygen atoms in total. The van der Waals surface area contributed by atoms with Crippen LogP contribution < -0.4 is 5.32 Å². The molecule has 0 spiro atoms. The summed E-state index contributed by atoms with van der Waals surface area (Å²) in [7, 11) is 4.09. The molecule has 0 radical (unpaired) electrons. The smallest absolute Gasteiger partial charge is 0.146 e. The van der Waals surface area contributed by atoms with Gasteiger partial charge in [-0.25, -0.2) is 9.97 Å². The van der Waals surface area contributed by atoms with Crippen LogP contribution in [0.2, 0.25) is 0 Å². The number of fused-ring (bicyclic) bond motifs is 1. The summed E-state index contributed by atoms with van der Waals surface area (Å²) >= 11 is 1.68. The fraction of sp³-hybridized carbons (Fsp3) is 0.538. The average molecular weight is 277 g/mol. The zero-order chi connectivity index (χ0) is 13.2. The molecule has 2 aromatic heterocycles. The molecule has 0 amide bonds. The van der Waals surface area contributed by atoms with Gasteiger partial charge in [0.25, 0.3) is 0 Å². The quantitative estimate of drug-likeness (QED) is 0.920. The van der Waals surface area contributed by atoms with Gasteiger partial charge in [-0.2, -0.15) is 0 Å². The number of aromatic nitrogens is 2. The topological polar surface area (TPSA) is 44.3 Å². The first-order chi connectivity index (χ1) is 9.26. The molecule has 102 valence electrons. The van der Waals surface area contributed by atoms with E-state index in [0.717, 1.165) is 54.6 Å². The monoisotopic (exact) mass is 277 g/mol. The summed E-state index contributed by atoms with van der Waals surface area (Å²) in [6.45, 7) is 5.28. The van der Waals surface area contributed by atoms with Crippen molar-refractivity contribution in [2.24, 2.45) is 0 Å². The second-order valence-corrected chi connectivity index (χ2v) is 5.85. The van der Waals surface area contributed by atoms with E-state index in [1.807, 2.05) is 7.05 Å². The Balaban J connectivity index is 1.80. The molecule has 1 aliphatic heterocycles. The summed E-state index contributed by atoms with van der Waals surface area (Å²) in [4.78, 5) is 15.2. The highest BCUT2D eigenvalue weighted by molar-refractivity contribution is 7.16. The second-order valence-electron chi connectivity index (χ2n) is 4.96. The van der Waals surface area contributed by atoms with E-state index in [0.29, 0.717) is 0 Å². The Bertz CT molecular complexity index is 559. The SMILES string of the molecule is CNc1nc(CN2CCN(C)CC2)nc2sccc12. The lowest BCUT2D eigenvalue weighted by Gasteiger charge is -2.31. The van der Waals surface area contributed by atoms with E-state index >= 15 is 0 Å². The molecule has 3 heterocycles. The van der Waals surface area contributed by atoms with Crippen molar-refractivity contribution in [1.29, 1.82) is 0 Å². The second kappa shape index (κ2) is 5.40. The van der Waals surface area contributed by atoms with E-state index in [2.05, 4.69) is 43.6 Å². The molecule has 0 unspecified atom stereocenters. The Kier molecular flexibility index (Phi) is 3.63. The Morgan fingerprint density at radius 3 is 2.79 bits per heavy atom. The normalized spacial score (nSPS) is 18.0. The van der Waals surface area contributed by atoms with Gasteiger partial charge in [-0.3, -0.25) is 4.90 Å². The third kappa shape index (κ3) is 2.70. The maximum atomic E-state index is 4.67. The lowest BCUT2D eigenvalue weighted by Crippen LogP contribution is -2.44. The minimum atomic E-state index is 0.844. The van der Waals surface area contributed by atoms with Crippen LogP contribution >= 0.6 is 11.3 Å². The minimum Gasteiger partial charge on any atom is -0.372 e. The van der Waals surface area contributed by atoms with Crippen molar-refractivity contribution < 1.29 is 0 Å². The molecule has 1 N–H and O–H groups in total. The molecule has 19 heavy (non-hydrogen) atoms. The summed E-state index contributed by atoms with van der Waals surface area (Å²) in [6.07, 6.45) is 0. The van der Waals surface area contributed by atoms with Gasteiger partial charge in [0, 0.05) is 33.2 Å². The molecule has 1 saturated heterocycles. The van der Waals surface area contributed by atoms with Gasteiger partial charge in [0.05, 0.1) is 11.9 Å². The van der Waals surface area contributed by atoms with Gasteiger partial charge in [0.2, 0.25) is 0 Å². The summed E-state index contributed by atoms with van der Waals surface area (Å²) < 4.78 is 0. The number of thiophene rings is 1. The molecule has 2 aromatic rings. The van der Waals surface area contributed by atoms with Gasteiger partial charge in [0.15, 0.2) is 0 Å². The number of piperazine rings is 1. The number of nitrogens with one attached hydrogen (secondary N) is 1. The van der Waals surface area contributed by atoms with Crippen molar-refractivity contribution in [3.8, 4) is 0 Å². The number of anilines is 1. The maximum absolute atomic E-state index is 4.67. The Morgan fingerprint density at radius 2 is 2.05 bits per heavy atom. The molecule has 3 rings (SSSR count). The predicted octanol–water partition coefficient (Wildman–Crippen LogP) is 1.48. The molecule has 0 aromatic carbocycles. The standard InChI is InChI=1S/C13H19N5S/c1-14-12-10-3-8-19-13(10)16-11(15-12)9-18-6-4-17(2)5-7-18/h3,8H,4-7,9H2,1-2H3,(H,14,15,16). The van der Waals surface area contributed by atoms with Crippen LogP contribution in [0.3, 0.4) is 0 Å².